The number of nitrogens with one attached hydrogen (secondary N) is 1. The summed E-state index contributed by atoms with van der Waals surface area (Å²) in [6, 6.07) is 24.1. The van der Waals surface area contributed by atoms with Crippen LogP contribution in [0.25, 0.3) is 10.9 Å². The molecule has 0 radical (unpaired) electrons. The van der Waals surface area contributed by atoms with Gasteiger partial charge in [0, 0.05) is 17.8 Å². The van der Waals surface area contributed by atoms with Gasteiger partial charge in [0.2, 0.25) is 0 Å². The van der Waals surface area contributed by atoms with Crippen LogP contribution in [0.2, 0.25) is 0 Å². The number of hydrogen-bond acceptors (Lipinski definition) is 3. The average molecular weight is 399 g/mol. The van der Waals surface area contributed by atoms with Crippen molar-refractivity contribution in [3.05, 3.63) is 105 Å². The molecule has 4 rings (SSSR count). The molecule has 0 saturated heterocycles. The van der Waals surface area contributed by atoms with Crippen LogP contribution in [-0.2, 0) is 13.1 Å². The lowest BCUT2D eigenvalue weighted by atomic mass is 10.0. The molecule has 0 amide bonds. The zero-order valence-corrected chi connectivity index (χ0v) is 17.6. The van der Waals surface area contributed by atoms with Crippen molar-refractivity contribution in [3.63, 3.8) is 0 Å². The van der Waals surface area contributed by atoms with Crippen LogP contribution in [0, 0.1) is 13.8 Å². The highest BCUT2D eigenvalue weighted by molar-refractivity contribution is 5.81. The van der Waals surface area contributed by atoms with Gasteiger partial charge < -0.3 is 14.6 Å². The van der Waals surface area contributed by atoms with Gasteiger partial charge in [-0.25, -0.2) is 0 Å². The molecule has 0 saturated carbocycles. The van der Waals surface area contributed by atoms with Crippen LogP contribution >= 0.6 is 0 Å². The number of anilines is 1. The number of rotatable bonds is 6. The van der Waals surface area contributed by atoms with E-state index < -0.39 is 0 Å². The molecule has 1 N–H and O–H groups in total. The fourth-order valence-electron chi connectivity index (χ4n) is 3.66. The summed E-state index contributed by atoms with van der Waals surface area (Å²) < 4.78 is 7.10. The molecule has 0 aliphatic rings. The molecule has 4 heteroatoms. The van der Waals surface area contributed by atoms with Crippen LogP contribution in [0.4, 0.5) is 5.69 Å². The van der Waals surface area contributed by atoms with Crippen molar-refractivity contribution in [1.29, 1.82) is 0 Å². The number of nitrogens with zero attached hydrogens (tertiary/aromatic N) is 1. The van der Waals surface area contributed by atoms with Crippen LogP contribution < -0.4 is 15.6 Å². The van der Waals surface area contributed by atoms with Crippen molar-refractivity contribution >= 4 is 16.6 Å². The minimum absolute atomic E-state index is 0.0376. The largest absolute Gasteiger partial charge is 0.497 e. The van der Waals surface area contributed by atoms with E-state index in [0.29, 0.717) is 13.1 Å². The lowest BCUT2D eigenvalue weighted by molar-refractivity contribution is 0.415. The van der Waals surface area contributed by atoms with E-state index >= 15 is 0 Å². The second-order valence-corrected chi connectivity index (χ2v) is 7.62. The number of aromatic nitrogens is 1. The van der Waals surface area contributed by atoms with Crippen molar-refractivity contribution < 1.29 is 4.74 Å². The molecule has 30 heavy (non-hydrogen) atoms. The third-order valence-electron chi connectivity index (χ3n) is 5.54. The van der Waals surface area contributed by atoms with E-state index in [0.717, 1.165) is 33.5 Å². The van der Waals surface area contributed by atoms with E-state index in [-0.39, 0.29) is 5.56 Å². The van der Waals surface area contributed by atoms with Gasteiger partial charge in [0.1, 0.15) is 5.75 Å². The Bertz CT molecular complexity index is 1230. The Hall–Kier alpha value is -3.53. The van der Waals surface area contributed by atoms with Crippen LogP contribution in [0.5, 0.6) is 5.75 Å². The molecule has 0 aliphatic carbocycles. The topological polar surface area (TPSA) is 43.3 Å². The maximum absolute atomic E-state index is 13.4. The molecule has 4 nitrogen and oxygen atoms in total. The number of fused-ring (bicyclic) bond motifs is 1. The Balaban J connectivity index is 1.74. The molecule has 4 aromatic rings. The van der Waals surface area contributed by atoms with Crippen molar-refractivity contribution in [2.75, 3.05) is 12.4 Å². The van der Waals surface area contributed by atoms with Gasteiger partial charge in [0.05, 0.1) is 19.2 Å². The molecule has 0 aliphatic heterocycles. The smallest absolute Gasteiger partial charge is 0.256 e. The molecule has 1 heterocycles. The minimum Gasteiger partial charge on any atom is -0.497 e. The van der Waals surface area contributed by atoms with Gasteiger partial charge in [-0.1, -0.05) is 30.3 Å². The van der Waals surface area contributed by atoms with E-state index in [9.17, 15) is 4.79 Å². The van der Waals surface area contributed by atoms with Gasteiger partial charge >= 0.3 is 0 Å². The number of methoxy groups -OCH3 is 1. The first-order valence-electron chi connectivity index (χ1n) is 10.1. The summed E-state index contributed by atoms with van der Waals surface area (Å²) in [6.45, 7) is 5.21. The summed E-state index contributed by atoms with van der Waals surface area (Å²) in [4.78, 5) is 13.4. The highest BCUT2D eigenvalue weighted by Crippen LogP contribution is 2.21. The molecule has 3 aromatic carbocycles. The predicted molar refractivity (Wildman–Crippen MR) is 124 cm³/mol. The highest BCUT2D eigenvalue weighted by Gasteiger charge is 2.11. The van der Waals surface area contributed by atoms with Gasteiger partial charge in [-0.3, -0.25) is 4.79 Å². The third kappa shape index (κ3) is 4.08. The second kappa shape index (κ2) is 8.46. The molecule has 0 atom stereocenters. The Labute approximate surface area is 176 Å². The van der Waals surface area contributed by atoms with Crippen molar-refractivity contribution in [3.8, 4) is 5.75 Å². The van der Waals surface area contributed by atoms with E-state index in [1.165, 1.54) is 11.1 Å². The van der Waals surface area contributed by atoms with Crippen LogP contribution in [0.15, 0.2) is 77.6 Å². The van der Waals surface area contributed by atoms with Gasteiger partial charge in [-0.2, -0.15) is 0 Å². The van der Waals surface area contributed by atoms with Crippen molar-refractivity contribution in [2.45, 2.75) is 26.9 Å². The fourth-order valence-corrected chi connectivity index (χ4v) is 3.66. The fraction of sp³-hybridized carbons (Fsp3) is 0.192. The van der Waals surface area contributed by atoms with E-state index in [1.807, 2.05) is 53.1 Å². The van der Waals surface area contributed by atoms with Crippen molar-refractivity contribution in [2.24, 2.45) is 0 Å². The van der Waals surface area contributed by atoms with Gasteiger partial charge in [0.15, 0.2) is 0 Å². The Kier molecular flexibility index (Phi) is 5.57. The molecule has 0 spiro atoms. The Morgan fingerprint density at radius 1 is 0.900 bits per heavy atom. The van der Waals surface area contributed by atoms with Crippen LogP contribution in [0.1, 0.15) is 22.3 Å². The number of pyridine rings is 1. The summed E-state index contributed by atoms with van der Waals surface area (Å²) in [6.07, 6.45) is 0. The SMILES string of the molecule is COc1ccc(NCc2cc3cc(C)c(C)cc3n(Cc3ccccc3)c2=O)cc1. The summed E-state index contributed by atoms with van der Waals surface area (Å²) in [5.74, 6) is 0.808. The number of hydrogen-bond donors (Lipinski definition) is 1. The number of benzene rings is 3. The molecule has 0 fully saturated rings. The monoisotopic (exact) mass is 398 g/mol. The first-order chi connectivity index (χ1) is 14.5. The predicted octanol–water partition coefficient (Wildman–Crippen LogP) is 5.29. The molecular weight excluding hydrogens is 372 g/mol. The van der Waals surface area contributed by atoms with Gasteiger partial charge in [0.25, 0.3) is 5.56 Å². The first-order valence-corrected chi connectivity index (χ1v) is 10.1. The zero-order chi connectivity index (χ0) is 21.1. The van der Waals surface area contributed by atoms with Crippen LogP contribution in [0.3, 0.4) is 0 Å². The lowest BCUT2D eigenvalue weighted by Gasteiger charge is -2.16. The van der Waals surface area contributed by atoms with Gasteiger partial charge in [-0.15, -0.1) is 0 Å². The summed E-state index contributed by atoms with van der Waals surface area (Å²) >= 11 is 0. The molecule has 152 valence electrons. The maximum Gasteiger partial charge on any atom is 0.256 e. The zero-order valence-electron chi connectivity index (χ0n) is 17.6. The summed E-state index contributed by atoms with van der Waals surface area (Å²) in [7, 11) is 1.65. The third-order valence-corrected chi connectivity index (χ3v) is 5.54. The van der Waals surface area contributed by atoms with E-state index in [2.05, 4.69) is 43.4 Å². The van der Waals surface area contributed by atoms with E-state index in [1.54, 1.807) is 7.11 Å². The second-order valence-electron chi connectivity index (χ2n) is 7.62. The van der Waals surface area contributed by atoms with E-state index in [4.69, 9.17) is 4.74 Å². The first kappa shape index (κ1) is 19.8. The standard InChI is InChI=1S/C26H26N2O2/c1-18-13-21-15-22(16-27-23-9-11-24(30-3)12-10-23)26(29)28(25(21)14-19(18)2)17-20-7-5-4-6-8-20/h4-15,27H,16-17H2,1-3H3. The van der Waals surface area contributed by atoms with Gasteiger partial charge in [-0.05, 0) is 78.4 Å². The maximum atomic E-state index is 13.4. The Morgan fingerprint density at radius 3 is 2.30 bits per heavy atom. The Morgan fingerprint density at radius 2 is 1.60 bits per heavy atom. The molecular formula is C26H26N2O2. The number of aryl methyl sites for hydroxylation is 2. The van der Waals surface area contributed by atoms with Crippen LogP contribution in [-0.4, -0.2) is 11.7 Å². The summed E-state index contributed by atoms with van der Waals surface area (Å²) in [5.41, 5.74) is 6.23. The number of ether oxygens (including phenoxy) is 1. The molecule has 0 bridgehead atoms. The minimum atomic E-state index is 0.0376. The molecule has 0 unspecified atom stereocenters. The lowest BCUT2D eigenvalue weighted by Crippen LogP contribution is -2.26. The highest BCUT2D eigenvalue weighted by atomic mass is 16.5. The average Bonchev–Trinajstić information content (AvgIpc) is 2.77. The normalized spacial score (nSPS) is 10.9. The summed E-state index contributed by atoms with van der Waals surface area (Å²) in [5, 5.41) is 4.45. The quantitative estimate of drug-likeness (QED) is 0.480. The van der Waals surface area contributed by atoms with Crippen molar-refractivity contribution in [1.82, 2.24) is 4.57 Å². The molecule has 1 aromatic heterocycles.